The highest BCUT2D eigenvalue weighted by Gasteiger charge is 2.21. The number of carbonyl (C=O) groups excluding carboxylic acids is 1. The van der Waals surface area contributed by atoms with Crippen LogP contribution in [0.1, 0.15) is 19.3 Å². The number of fused-ring (bicyclic) bond motifs is 1. The van der Waals surface area contributed by atoms with Gasteiger partial charge in [-0.1, -0.05) is 11.3 Å². The second-order valence-corrected chi connectivity index (χ2v) is 8.78. The van der Waals surface area contributed by atoms with Gasteiger partial charge in [-0.3, -0.25) is 5.32 Å². The summed E-state index contributed by atoms with van der Waals surface area (Å²) in [4.78, 5) is 21.5. The molecule has 0 spiro atoms. The van der Waals surface area contributed by atoms with Crippen LogP contribution in [0.2, 0.25) is 0 Å². The average molecular weight is 393 g/mol. The number of piperidine rings is 1. The van der Waals surface area contributed by atoms with Crippen molar-refractivity contribution in [1.82, 2.24) is 9.88 Å². The Morgan fingerprint density at radius 2 is 1.92 bits per heavy atom. The lowest BCUT2D eigenvalue weighted by Gasteiger charge is -2.29. The van der Waals surface area contributed by atoms with Crippen LogP contribution in [-0.2, 0) is 0 Å². The van der Waals surface area contributed by atoms with Crippen LogP contribution in [0.4, 0.5) is 15.6 Å². The van der Waals surface area contributed by atoms with Crippen molar-refractivity contribution >= 4 is 50.2 Å². The predicted molar refractivity (Wildman–Crippen MR) is 110 cm³/mol. The molecule has 26 heavy (non-hydrogen) atoms. The minimum Gasteiger partial charge on any atom is -0.494 e. The van der Waals surface area contributed by atoms with Crippen molar-refractivity contribution in [2.75, 3.05) is 55.0 Å². The molecule has 2 aliphatic rings. The third-order valence-electron chi connectivity index (χ3n) is 4.91. The van der Waals surface area contributed by atoms with E-state index in [2.05, 4.69) is 21.3 Å². The van der Waals surface area contributed by atoms with Crippen molar-refractivity contribution < 1.29 is 9.53 Å². The van der Waals surface area contributed by atoms with Crippen molar-refractivity contribution in [2.24, 2.45) is 0 Å². The number of ether oxygens (including phenoxy) is 1. The van der Waals surface area contributed by atoms with Crippen molar-refractivity contribution in [2.45, 2.75) is 19.3 Å². The van der Waals surface area contributed by atoms with Crippen LogP contribution in [-0.4, -0.2) is 60.7 Å². The zero-order valence-corrected chi connectivity index (χ0v) is 16.6. The summed E-state index contributed by atoms with van der Waals surface area (Å²) in [7, 11) is 1.67. The minimum absolute atomic E-state index is 0.0529. The summed E-state index contributed by atoms with van der Waals surface area (Å²) < 4.78 is 6.60. The maximum absolute atomic E-state index is 12.5. The molecule has 0 bridgehead atoms. The number of amides is 2. The monoisotopic (exact) mass is 392 g/mol. The predicted octanol–water partition coefficient (Wildman–Crippen LogP) is 3.88. The number of thiazole rings is 1. The number of nitrogens with zero attached hydrogens (tertiary/aromatic N) is 3. The smallest absolute Gasteiger partial charge is 0.323 e. The second kappa shape index (κ2) is 7.92. The van der Waals surface area contributed by atoms with E-state index in [4.69, 9.17) is 4.74 Å². The molecule has 2 amide bonds. The van der Waals surface area contributed by atoms with E-state index in [0.29, 0.717) is 5.13 Å². The van der Waals surface area contributed by atoms with E-state index < -0.39 is 0 Å². The van der Waals surface area contributed by atoms with E-state index in [9.17, 15) is 4.79 Å². The van der Waals surface area contributed by atoms with E-state index in [1.165, 1.54) is 24.9 Å². The topological polar surface area (TPSA) is 57.7 Å². The van der Waals surface area contributed by atoms with Crippen LogP contribution in [0.3, 0.4) is 0 Å². The Labute approximate surface area is 161 Å². The van der Waals surface area contributed by atoms with Crippen LogP contribution in [0.5, 0.6) is 5.75 Å². The first kappa shape index (κ1) is 17.7. The molecule has 0 saturated carbocycles. The summed E-state index contributed by atoms with van der Waals surface area (Å²) in [5.41, 5.74) is 2.04. The molecule has 8 heteroatoms. The maximum atomic E-state index is 12.5. The highest BCUT2D eigenvalue weighted by molar-refractivity contribution is 7.99. The van der Waals surface area contributed by atoms with Crippen molar-refractivity contribution in [3.63, 3.8) is 0 Å². The number of hydrogen-bond acceptors (Lipinski definition) is 6. The fourth-order valence-electron chi connectivity index (χ4n) is 3.51. The van der Waals surface area contributed by atoms with Gasteiger partial charge in [-0.25, -0.2) is 9.78 Å². The van der Waals surface area contributed by atoms with E-state index >= 15 is 0 Å². The zero-order chi connectivity index (χ0) is 17.9. The number of anilines is 2. The summed E-state index contributed by atoms with van der Waals surface area (Å²) in [6, 6.07) is 4.06. The molecule has 0 atom stereocenters. The van der Waals surface area contributed by atoms with Crippen molar-refractivity contribution in [1.29, 1.82) is 0 Å². The molecule has 2 saturated heterocycles. The molecule has 0 radical (unpaired) electrons. The van der Waals surface area contributed by atoms with E-state index in [1.807, 2.05) is 22.7 Å². The van der Waals surface area contributed by atoms with Crippen LogP contribution in [0.25, 0.3) is 10.2 Å². The van der Waals surface area contributed by atoms with Crippen LogP contribution in [0, 0.1) is 0 Å². The molecule has 1 aromatic carbocycles. The Bertz CT molecular complexity index is 783. The first-order chi connectivity index (χ1) is 12.8. The molecule has 1 N–H and O–H groups in total. The summed E-state index contributed by atoms with van der Waals surface area (Å²) in [6.07, 6.45) is 3.75. The third kappa shape index (κ3) is 3.57. The molecule has 2 aromatic rings. The number of thioether (sulfide) groups is 1. The van der Waals surface area contributed by atoms with Gasteiger partial charge >= 0.3 is 6.03 Å². The number of aromatic nitrogens is 1. The Kier molecular flexibility index (Phi) is 5.40. The Morgan fingerprint density at radius 1 is 1.15 bits per heavy atom. The lowest BCUT2D eigenvalue weighted by Crippen LogP contribution is -2.40. The summed E-state index contributed by atoms with van der Waals surface area (Å²) >= 11 is 3.43. The zero-order valence-electron chi connectivity index (χ0n) is 15.0. The number of urea groups is 1. The fourth-order valence-corrected chi connectivity index (χ4v) is 5.43. The van der Waals surface area contributed by atoms with Crippen LogP contribution < -0.4 is 15.0 Å². The van der Waals surface area contributed by atoms with Crippen molar-refractivity contribution in [3.05, 3.63) is 12.1 Å². The molecule has 0 aliphatic carbocycles. The van der Waals surface area contributed by atoms with Gasteiger partial charge in [0.05, 0.1) is 17.5 Å². The standard InChI is InChI=1S/C18H24N4O2S2/c1-24-14-6-5-13(21-7-3-2-4-8-21)16-15(14)19-17(26-16)20-18(23)22-9-11-25-12-10-22/h5-6H,2-4,7-12H2,1H3,(H,19,20,23). The van der Waals surface area contributed by atoms with E-state index in [-0.39, 0.29) is 6.03 Å². The van der Waals surface area contributed by atoms with Crippen LogP contribution in [0.15, 0.2) is 12.1 Å². The highest BCUT2D eigenvalue weighted by atomic mass is 32.2. The molecule has 2 aliphatic heterocycles. The fraction of sp³-hybridized carbons (Fsp3) is 0.556. The number of methoxy groups -OCH3 is 1. The largest absolute Gasteiger partial charge is 0.494 e. The first-order valence-electron chi connectivity index (χ1n) is 9.12. The minimum atomic E-state index is -0.0529. The first-order valence-corrected chi connectivity index (χ1v) is 11.1. The molecule has 0 unspecified atom stereocenters. The highest BCUT2D eigenvalue weighted by Crippen LogP contribution is 2.40. The molecule has 4 rings (SSSR count). The lowest BCUT2D eigenvalue weighted by molar-refractivity contribution is 0.217. The molecule has 6 nitrogen and oxygen atoms in total. The average Bonchev–Trinajstić information content (AvgIpc) is 3.12. The van der Waals surface area contributed by atoms with Gasteiger partial charge in [0.2, 0.25) is 0 Å². The van der Waals surface area contributed by atoms with Crippen molar-refractivity contribution in [3.8, 4) is 5.75 Å². The molecular weight excluding hydrogens is 368 g/mol. The number of benzene rings is 1. The van der Waals surface area contributed by atoms with Gasteiger partial charge in [0.15, 0.2) is 5.13 Å². The number of rotatable bonds is 3. The quantitative estimate of drug-likeness (QED) is 0.859. The molecule has 1 aromatic heterocycles. The number of nitrogens with one attached hydrogen (secondary N) is 1. The molecule has 3 heterocycles. The second-order valence-electron chi connectivity index (χ2n) is 6.56. The van der Waals surface area contributed by atoms with Gasteiger partial charge in [-0.2, -0.15) is 11.8 Å². The van der Waals surface area contributed by atoms with E-state index in [1.54, 1.807) is 18.4 Å². The molecule has 2 fully saturated rings. The van der Waals surface area contributed by atoms with Gasteiger partial charge in [-0.15, -0.1) is 0 Å². The molecular formula is C18H24N4O2S2. The van der Waals surface area contributed by atoms with Gasteiger partial charge < -0.3 is 14.5 Å². The third-order valence-corrected chi connectivity index (χ3v) is 6.85. The van der Waals surface area contributed by atoms with Gasteiger partial charge in [0.1, 0.15) is 11.3 Å². The number of carbonyl (C=O) groups is 1. The Balaban J connectivity index is 1.62. The van der Waals surface area contributed by atoms with E-state index in [0.717, 1.165) is 53.7 Å². The summed E-state index contributed by atoms with van der Waals surface area (Å²) in [5.74, 6) is 2.76. The summed E-state index contributed by atoms with van der Waals surface area (Å²) in [6.45, 7) is 3.74. The normalized spacial score (nSPS) is 18.2. The molecule has 140 valence electrons. The number of hydrogen-bond donors (Lipinski definition) is 1. The Hall–Kier alpha value is -1.67. The summed E-state index contributed by atoms with van der Waals surface area (Å²) in [5, 5.41) is 3.64. The van der Waals surface area contributed by atoms with Gasteiger partial charge in [0.25, 0.3) is 0 Å². The van der Waals surface area contributed by atoms with Gasteiger partial charge in [-0.05, 0) is 31.4 Å². The lowest BCUT2D eigenvalue weighted by atomic mass is 10.1. The maximum Gasteiger partial charge on any atom is 0.323 e. The SMILES string of the molecule is COc1ccc(N2CCCCC2)c2sc(NC(=O)N3CCSCC3)nc12. The Morgan fingerprint density at radius 3 is 2.65 bits per heavy atom. The van der Waals surface area contributed by atoms with Crippen LogP contribution >= 0.6 is 23.1 Å². The van der Waals surface area contributed by atoms with Gasteiger partial charge in [0, 0.05) is 37.7 Å².